The lowest BCUT2D eigenvalue weighted by molar-refractivity contribution is 0.281. The Balaban J connectivity index is 3.21. The molecule has 0 heterocycles. The van der Waals surface area contributed by atoms with Crippen molar-refractivity contribution in [3.05, 3.63) is 35.9 Å². The molecule has 0 saturated heterocycles. The van der Waals surface area contributed by atoms with E-state index in [1.165, 1.54) is 5.56 Å². The zero-order chi connectivity index (χ0) is 17.9. The van der Waals surface area contributed by atoms with Crippen LogP contribution < -0.4 is 5.32 Å². The van der Waals surface area contributed by atoms with Gasteiger partial charge in [-0.1, -0.05) is 85.7 Å². The summed E-state index contributed by atoms with van der Waals surface area (Å²) in [5.74, 6) is 0.531. The molecule has 0 bridgehead atoms. The Bertz CT molecular complexity index is 457. The second-order valence-electron chi connectivity index (χ2n) is 9.03. The minimum atomic E-state index is -2.13. The Labute approximate surface area is 145 Å². The Kier molecular flexibility index (Phi) is 6.65. The van der Waals surface area contributed by atoms with E-state index in [2.05, 4.69) is 91.0 Å². The molecule has 0 radical (unpaired) electrons. The second-order valence-corrected chi connectivity index (χ2v) is 14.5. The lowest BCUT2D eigenvalue weighted by Crippen LogP contribution is -2.68. The number of nitrogens with one attached hydrogen (secondary N) is 1. The van der Waals surface area contributed by atoms with Crippen LogP contribution in [-0.2, 0) is 11.0 Å². The van der Waals surface area contributed by atoms with Gasteiger partial charge < -0.3 is 9.74 Å². The lowest BCUT2D eigenvalue weighted by Gasteiger charge is -2.55. The highest BCUT2D eigenvalue weighted by Gasteiger charge is 2.59. The minimum Gasteiger partial charge on any atom is -0.417 e. The predicted octanol–water partition coefficient (Wildman–Crippen LogP) is 5.53. The summed E-state index contributed by atoms with van der Waals surface area (Å²) in [7, 11) is -0.197. The van der Waals surface area contributed by atoms with Crippen molar-refractivity contribution in [1.82, 2.24) is 5.32 Å². The summed E-state index contributed by atoms with van der Waals surface area (Å²) in [6, 6.07) is 10.7. The summed E-state index contributed by atoms with van der Waals surface area (Å²) in [5.41, 5.74) is 1.73. The average molecular weight is 336 g/mol. The van der Waals surface area contributed by atoms with Crippen LogP contribution in [0.3, 0.4) is 0 Å². The fourth-order valence-corrected chi connectivity index (χ4v) is 11.4. The molecule has 1 aromatic carbocycles. The van der Waals surface area contributed by atoms with Crippen LogP contribution in [0, 0.1) is 5.92 Å². The van der Waals surface area contributed by atoms with Crippen LogP contribution in [0.4, 0.5) is 0 Å². The molecule has 0 aromatic heterocycles. The van der Waals surface area contributed by atoms with Crippen LogP contribution in [0.5, 0.6) is 0 Å². The van der Waals surface area contributed by atoms with Gasteiger partial charge in [-0.05, 0) is 21.6 Å². The van der Waals surface area contributed by atoms with E-state index in [9.17, 15) is 0 Å². The first-order chi connectivity index (χ1) is 10.5. The molecular weight excluding hydrogens is 298 g/mol. The van der Waals surface area contributed by atoms with Gasteiger partial charge in [0.2, 0.25) is 8.32 Å². The maximum absolute atomic E-state index is 6.46. The summed E-state index contributed by atoms with van der Waals surface area (Å²) in [6.07, 6.45) is 0. The molecule has 0 amide bonds. The summed E-state index contributed by atoms with van der Waals surface area (Å²) >= 11 is 0. The van der Waals surface area contributed by atoms with E-state index in [0.29, 0.717) is 11.6 Å². The molecule has 132 valence electrons. The van der Waals surface area contributed by atoms with Crippen molar-refractivity contribution in [2.45, 2.75) is 77.7 Å². The molecule has 1 N–H and O–H groups in total. The average Bonchev–Trinajstić information content (AvgIpc) is 2.41. The largest absolute Gasteiger partial charge is 0.417 e. The standard InChI is InChI=1S/C20H37NOSi/c1-16(2)18(21-15-17-13-11-10-12-14-17)23(22-9,19(3,4)5)20(6,7)8/h10-14,16,18,21H,15H2,1-9H3. The van der Waals surface area contributed by atoms with Gasteiger partial charge in [0.05, 0.1) is 0 Å². The molecule has 1 atom stereocenters. The Hall–Kier alpha value is -0.643. The van der Waals surface area contributed by atoms with Crippen molar-refractivity contribution in [2.24, 2.45) is 5.92 Å². The summed E-state index contributed by atoms with van der Waals surface area (Å²) in [4.78, 5) is 0. The zero-order valence-corrected chi connectivity index (χ0v) is 17.7. The third-order valence-corrected chi connectivity index (χ3v) is 11.9. The van der Waals surface area contributed by atoms with Crippen molar-refractivity contribution in [3.8, 4) is 0 Å². The van der Waals surface area contributed by atoms with Gasteiger partial charge in [0, 0.05) is 19.3 Å². The maximum Gasteiger partial charge on any atom is 0.219 e. The minimum absolute atomic E-state index is 0.151. The molecular formula is C20H37NOSi. The summed E-state index contributed by atoms with van der Waals surface area (Å²) < 4.78 is 6.46. The molecule has 0 spiro atoms. The third-order valence-electron chi connectivity index (χ3n) is 5.02. The van der Waals surface area contributed by atoms with Gasteiger partial charge >= 0.3 is 0 Å². The topological polar surface area (TPSA) is 21.3 Å². The second kappa shape index (κ2) is 7.50. The van der Waals surface area contributed by atoms with Crippen LogP contribution in [0.25, 0.3) is 0 Å². The monoisotopic (exact) mass is 335 g/mol. The van der Waals surface area contributed by atoms with Gasteiger partial charge in [-0.25, -0.2) is 0 Å². The van der Waals surface area contributed by atoms with Crippen LogP contribution in [0.2, 0.25) is 10.1 Å². The van der Waals surface area contributed by atoms with Crippen LogP contribution in [-0.4, -0.2) is 21.1 Å². The van der Waals surface area contributed by atoms with E-state index >= 15 is 0 Å². The van der Waals surface area contributed by atoms with Crippen LogP contribution in [0.1, 0.15) is 61.0 Å². The molecule has 23 heavy (non-hydrogen) atoms. The molecule has 1 rings (SSSR count). The Morgan fingerprint density at radius 2 is 1.43 bits per heavy atom. The van der Waals surface area contributed by atoms with Gasteiger partial charge in [0.25, 0.3) is 0 Å². The van der Waals surface area contributed by atoms with Crippen molar-refractivity contribution in [1.29, 1.82) is 0 Å². The van der Waals surface area contributed by atoms with E-state index in [1.54, 1.807) is 0 Å². The molecule has 0 aliphatic carbocycles. The van der Waals surface area contributed by atoms with E-state index in [4.69, 9.17) is 4.43 Å². The first-order valence-electron chi connectivity index (χ1n) is 8.80. The molecule has 2 nitrogen and oxygen atoms in total. The van der Waals surface area contributed by atoms with Gasteiger partial charge in [-0.15, -0.1) is 0 Å². The van der Waals surface area contributed by atoms with Gasteiger partial charge in [-0.2, -0.15) is 0 Å². The first kappa shape index (κ1) is 20.4. The van der Waals surface area contributed by atoms with Gasteiger partial charge in [0.15, 0.2) is 0 Å². The summed E-state index contributed by atoms with van der Waals surface area (Å²) in [5, 5.41) is 4.18. The zero-order valence-electron chi connectivity index (χ0n) is 16.7. The lowest BCUT2D eigenvalue weighted by atomic mass is 10.2. The van der Waals surface area contributed by atoms with Gasteiger partial charge in [0.1, 0.15) is 0 Å². The number of rotatable bonds is 6. The Morgan fingerprint density at radius 1 is 0.957 bits per heavy atom. The van der Waals surface area contributed by atoms with E-state index in [1.807, 2.05) is 7.11 Å². The van der Waals surface area contributed by atoms with Crippen molar-refractivity contribution in [2.75, 3.05) is 7.11 Å². The SMILES string of the molecule is CO[Si](C(NCc1ccccc1)C(C)C)(C(C)(C)C)C(C)(C)C. The first-order valence-corrected chi connectivity index (χ1v) is 10.8. The number of hydrogen-bond donors (Lipinski definition) is 1. The van der Waals surface area contributed by atoms with Crippen molar-refractivity contribution in [3.63, 3.8) is 0 Å². The molecule has 1 unspecified atom stereocenters. The molecule has 0 saturated carbocycles. The third kappa shape index (κ3) is 4.26. The molecule has 3 heteroatoms. The maximum atomic E-state index is 6.46. The van der Waals surface area contributed by atoms with Crippen molar-refractivity contribution >= 4 is 8.32 Å². The molecule has 1 aromatic rings. The van der Waals surface area contributed by atoms with E-state index < -0.39 is 8.32 Å². The summed E-state index contributed by atoms with van der Waals surface area (Å²) in [6.45, 7) is 19.7. The van der Waals surface area contributed by atoms with Crippen LogP contribution >= 0.6 is 0 Å². The highest BCUT2D eigenvalue weighted by molar-refractivity contribution is 6.80. The van der Waals surface area contributed by atoms with Crippen LogP contribution in [0.15, 0.2) is 30.3 Å². The highest BCUT2D eigenvalue weighted by Crippen LogP contribution is 2.54. The smallest absolute Gasteiger partial charge is 0.219 e. The normalized spacial score (nSPS) is 15.0. The predicted molar refractivity (Wildman–Crippen MR) is 104 cm³/mol. The van der Waals surface area contributed by atoms with E-state index in [-0.39, 0.29) is 10.1 Å². The van der Waals surface area contributed by atoms with E-state index in [0.717, 1.165) is 6.54 Å². The highest BCUT2D eigenvalue weighted by atomic mass is 28.4. The fraction of sp³-hybridized carbons (Fsp3) is 0.700. The number of hydrogen-bond acceptors (Lipinski definition) is 2. The fourth-order valence-electron chi connectivity index (χ4n) is 4.47. The molecule has 0 aliphatic rings. The molecule has 0 aliphatic heterocycles. The quantitative estimate of drug-likeness (QED) is 0.690. The molecule has 0 fully saturated rings. The van der Waals surface area contributed by atoms with Crippen molar-refractivity contribution < 1.29 is 4.43 Å². The van der Waals surface area contributed by atoms with Gasteiger partial charge in [-0.3, -0.25) is 0 Å². The Morgan fingerprint density at radius 3 is 1.78 bits per heavy atom. The number of benzene rings is 1.